The lowest BCUT2D eigenvalue weighted by Gasteiger charge is -2.27. The van der Waals surface area contributed by atoms with Gasteiger partial charge in [-0.3, -0.25) is 0 Å². The van der Waals surface area contributed by atoms with Crippen LogP contribution in [0.25, 0.3) is 0 Å². The van der Waals surface area contributed by atoms with Crippen molar-refractivity contribution in [2.75, 3.05) is 5.32 Å². The van der Waals surface area contributed by atoms with Gasteiger partial charge in [-0.2, -0.15) is 0 Å². The van der Waals surface area contributed by atoms with Crippen LogP contribution in [0.2, 0.25) is 0 Å². The Balaban J connectivity index is 1.95. The summed E-state index contributed by atoms with van der Waals surface area (Å²) in [5.41, 5.74) is 7.27. The molecule has 0 unspecified atom stereocenters. The summed E-state index contributed by atoms with van der Waals surface area (Å²) >= 11 is 0. The van der Waals surface area contributed by atoms with E-state index >= 15 is 0 Å². The van der Waals surface area contributed by atoms with Crippen LogP contribution in [-0.4, -0.2) is 5.11 Å². The Morgan fingerprint density at radius 1 is 1.25 bits per heavy atom. The molecule has 102 valence electrons. The predicted octanol–water partition coefficient (Wildman–Crippen LogP) is 3.99. The Bertz CT molecular complexity index is 734. The first-order valence-corrected chi connectivity index (χ1v) is 7.22. The van der Waals surface area contributed by atoms with E-state index in [4.69, 9.17) is 0 Å². The van der Waals surface area contributed by atoms with Crippen molar-refractivity contribution >= 4 is 5.69 Å². The zero-order valence-corrected chi connectivity index (χ0v) is 12.1. The number of phenols is 1. The highest BCUT2D eigenvalue weighted by atomic mass is 16.3. The van der Waals surface area contributed by atoms with Gasteiger partial charge in [0, 0.05) is 11.6 Å². The maximum atomic E-state index is 10.3. The summed E-state index contributed by atoms with van der Waals surface area (Å²) < 4.78 is 0. The number of aryl methyl sites for hydroxylation is 1. The first-order valence-electron chi connectivity index (χ1n) is 7.22. The minimum absolute atomic E-state index is 0.0378. The van der Waals surface area contributed by atoms with Crippen LogP contribution in [-0.2, 0) is 12.0 Å². The van der Waals surface area contributed by atoms with Gasteiger partial charge in [0.2, 0.25) is 0 Å². The maximum Gasteiger partial charge on any atom is 0.121 e. The number of nitrogens with one attached hydrogen (secondary N) is 1. The van der Waals surface area contributed by atoms with Crippen LogP contribution in [0, 0.1) is 13.8 Å². The molecule has 1 aliphatic carbocycles. The molecular weight excluding hydrogens is 246 g/mol. The summed E-state index contributed by atoms with van der Waals surface area (Å²) in [6.07, 6.45) is 1.05. The number of benzene rings is 2. The lowest BCUT2D eigenvalue weighted by molar-refractivity contribution is 0.460. The van der Waals surface area contributed by atoms with Gasteiger partial charge in [-0.25, -0.2) is 0 Å². The molecule has 0 amide bonds. The van der Waals surface area contributed by atoms with Gasteiger partial charge in [-0.1, -0.05) is 24.3 Å². The average Bonchev–Trinajstić information content (AvgIpc) is 2.85. The third-order valence-corrected chi connectivity index (χ3v) is 5.22. The number of hydrogen-bond acceptors (Lipinski definition) is 2. The smallest absolute Gasteiger partial charge is 0.121 e. The Morgan fingerprint density at radius 3 is 2.80 bits per heavy atom. The topological polar surface area (TPSA) is 32.3 Å². The SMILES string of the molecule is Cc1cc2c(c(C)c1O)[C@@H]1Cc3ccccc3[C@]1(C)N2. The number of fused-ring (bicyclic) bond motifs is 5. The van der Waals surface area contributed by atoms with Gasteiger partial charge in [0.1, 0.15) is 5.75 Å². The third kappa shape index (κ3) is 1.24. The number of phenolic OH excluding ortho intramolecular Hbond substituents is 1. The summed E-state index contributed by atoms with van der Waals surface area (Å²) in [4.78, 5) is 0. The van der Waals surface area contributed by atoms with Crippen molar-refractivity contribution in [3.63, 3.8) is 0 Å². The molecule has 2 atom stereocenters. The monoisotopic (exact) mass is 265 g/mol. The standard InChI is InChI=1S/C18H19NO/c1-10-8-15-16(11(2)17(10)20)14-9-12-6-4-5-7-13(12)18(14,3)19-15/h4-8,14,19-20H,9H2,1-3H3/t14-,18-/m0/s1. The predicted molar refractivity (Wildman–Crippen MR) is 81.4 cm³/mol. The zero-order chi connectivity index (χ0) is 14.1. The lowest BCUT2D eigenvalue weighted by Crippen LogP contribution is -2.29. The van der Waals surface area contributed by atoms with Crippen LogP contribution < -0.4 is 5.32 Å². The molecule has 2 heteroatoms. The van der Waals surface area contributed by atoms with Crippen LogP contribution in [0.4, 0.5) is 5.69 Å². The number of rotatable bonds is 0. The van der Waals surface area contributed by atoms with Crippen LogP contribution in [0.15, 0.2) is 30.3 Å². The van der Waals surface area contributed by atoms with Crippen LogP contribution in [0.3, 0.4) is 0 Å². The van der Waals surface area contributed by atoms with Gasteiger partial charge < -0.3 is 10.4 Å². The van der Waals surface area contributed by atoms with Crippen molar-refractivity contribution < 1.29 is 5.11 Å². The highest BCUT2D eigenvalue weighted by Gasteiger charge is 2.49. The van der Waals surface area contributed by atoms with E-state index in [1.54, 1.807) is 0 Å². The van der Waals surface area contributed by atoms with Gasteiger partial charge in [-0.15, -0.1) is 0 Å². The molecule has 0 bridgehead atoms. The van der Waals surface area contributed by atoms with E-state index in [2.05, 4.69) is 42.6 Å². The molecule has 0 spiro atoms. The Morgan fingerprint density at radius 2 is 2.00 bits per heavy atom. The highest BCUT2D eigenvalue weighted by Crippen LogP contribution is 2.57. The van der Waals surface area contributed by atoms with E-state index in [0.29, 0.717) is 11.7 Å². The van der Waals surface area contributed by atoms with Crippen molar-refractivity contribution in [3.8, 4) is 5.75 Å². The van der Waals surface area contributed by atoms with Crippen molar-refractivity contribution in [3.05, 3.63) is 58.1 Å². The summed E-state index contributed by atoms with van der Waals surface area (Å²) in [5.74, 6) is 0.868. The molecule has 2 aromatic rings. The fourth-order valence-electron chi connectivity index (χ4n) is 4.18. The molecule has 2 nitrogen and oxygen atoms in total. The van der Waals surface area contributed by atoms with E-state index < -0.39 is 0 Å². The van der Waals surface area contributed by atoms with Gasteiger partial charge in [-0.05, 0) is 61.1 Å². The lowest BCUT2D eigenvalue weighted by atomic mass is 9.83. The van der Waals surface area contributed by atoms with Crippen molar-refractivity contribution in [2.24, 2.45) is 0 Å². The minimum Gasteiger partial charge on any atom is -0.507 e. The van der Waals surface area contributed by atoms with Gasteiger partial charge >= 0.3 is 0 Å². The van der Waals surface area contributed by atoms with E-state index in [1.165, 1.54) is 22.4 Å². The summed E-state index contributed by atoms with van der Waals surface area (Å²) in [5, 5.41) is 14.0. The molecule has 0 fully saturated rings. The molecule has 0 saturated carbocycles. The van der Waals surface area contributed by atoms with Crippen molar-refractivity contribution in [1.82, 2.24) is 0 Å². The maximum absolute atomic E-state index is 10.3. The number of anilines is 1. The second kappa shape index (κ2) is 3.57. The Kier molecular flexibility index (Phi) is 2.11. The first-order chi connectivity index (χ1) is 9.52. The zero-order valence-electron chi connectivity index (χ0n) is 12.1. The molecule has 2 aliphatic rings. The molecule has 1 aliphatic heterocycles. The third-order valence-electron chi connectivity index (χ3n) is 5.22. The molecule has 0 aromatic heterocycles. The van der Waals surface area contributed by atoms with E-state index in [1.807, 2.05) is 13.8 Å². The van der Waals surface area contributed by atoms with E-state index in [9.17, 15) is 5.11 Å². The summed E-state index contributed by atoms with van der Waals surface area (Å²) in [7, 11) is 0. The fraction of sp³-hybridized carbons (Fsp3) is 0.333. The summed E-state index contributed by atoms with van der Waals surface area (Å²) in [6.45, 7) is 6.29. The van der Waals surface area contributed by atoms with E-state index in [-0.39, 0.29) is 5.54 Å². The van der Waals surface area contributed by atoms with Crippen molar-refractivity contribution in [1.29, 1.82) is 0 Å². The summed E-state index contributed by atoms with van der Waals surface area (Å²) in [6, 6.07) is 10.8. The molecular formula is C18H19NO. The van der Waals surface area contributed by atoms with Crippen LogP contribution in [0.5, 0.6) is 5.75 Å². The van der Waals surface area contributed by atoms with Gasteiger partial charge in [0.15, 0.2) is 0 Å². The molecule has 2 aromatic carbocycles. The van der Waals surface area contributed by atoms with Gasteiger partial charge in [0.25, 0.3) is 0 Å². The van der Waals surface area contributed by atoms with Crippen LogP contribution in [0.1, 0.15) is 40.7 Å². The largest absolute Gasteiger partial charge is 0.507 e. The molecule has 1 heterocycles. The second-order valence-corrected chi connectivity index (χ2v) is 6.37. The quantitative estimate of drug-likeness (QED) is 0.706. The molecule has 2 N–H and O–H groups in total. The molecule has 0 radical (unpaired) electrons. The fourth-order valence-corrected chi connectivity index (χ4v) is 4.18. The number of hydrogen-bond donors (Lipinski definition) is 2. The molecule has 4 rings (SSSR count). The number of aromatic hydroxyl groups is 1. The normalized spacial score (nSPS) is 25.9. The Hall–Kier alpha value is -1.96. The van der Waals surface area contributed by atoms with Crippen LogP contribution >= 0.6 is 0 Å². The molecule has 20 heavy (non-hydrogen) atoms. The minimum atomic E-state index is -0.0378. The van der Waals surface area contributed by atoms with E-state index in [0.717, 1.165) is 17.5 Å². The first kappa shape index (κ1) is 11.8. The van der Waals surface area contributed by atoms with Gasteiger partial charge in [0.05, 0.1) is 5.54 Å². The Labute approximate surface area is 119 Å². The second-order valence-electron chi connectivity index (χ2n) is 6.37. The highest BCUT2D eigenvalue weighted by molar-refractivity contribution is 5.72. The average molecular weight is 265 g/mol. The molecule has 0 saturated heterocycles. The van der Waals surface area contributed by atoms with Crippen molar-refractivity contribution in [2.45, 2.75) is 38.6 Å².